The van der Waals surface area contributed by atoms with E-state index in [1.165, 1.54) is 6.26 Å². The molecule has 1 aromatic carbocycles. The zero-order valence-electron chi connectivity index (χ0n) is 12.7. The van der Waals surface area contributed by atoms with Crippen LogP contribution < -0.4 is 10.5 Å². The maximum atomic E-state index is 13.5. The van der Waals surface area contributed by atoms with Crippen LogP contribution in [0.4, 0.5) is 4.39 Å². The first-order chi connectivity index (χ1) is 11.1. The molecular weight excluding hydrogens is 301 g/mol. The van der Waals surface area contributed by atoms with Gasteiger partial charge in [-0.15, -0.1) is 0 Å². The molecule has 7 heteroatoms. The van der Waals surface area contributed by atoms with Crippen molar-refractivity contribution in [2.24, 2.45) is 5.73 Å². The summed E-state index contributed by atoms with van der Waals surface area (Å²) in [6.45, 7) is 0.506. The Morgan fingerprint density at radius 1 is 1.48 bits per heavy atom. The fraction of sp³-hybridized carbons (Fsp3) is 0.375. The van der Waals surface area contributed by atoms with Crippen LogP contribution in [0.2, 0.25) is 0 Å². The van der Waals surface area contributed by atoms with Gasteiger partial charge in [-0.05, 0) is 24.3 Å². The van der Waals surface area contributed by atoms with Crippen LogP contribution in [-0.2, 0) is 11.3 Å². The number of carbonyl (C=O) groups excluding carboxylic acids is 1. The van der Waals surface area contributed by atoms with Gasteiger partial charge in [-0.2, -0.15) is 0 Å². The monoisotopic (exact) mass is 319 g/mol. The maximum absolute atomic E-state index is 13.5. The van der Waals surface area contributed by atoms with E-state index in [2.05, 4.69) is 4.98 Å². The average molecular weight is 319 g/mol. The van der Waals surface area contributed by atoms with Gasteiger partial charge in [0.15, 0.2) is 0 Å². The summed E-state index contributed by atoms with van der Waals surface area (Å²) >= 11 is 0. The average Bonchev–Trinajstić information content (AvgIpc) is 3.14. The summed E-state index contributed by atoms with van der Waals surface area (Å²) in [6, 6.07) is 6.72. The number of alkyl halides is 1. The Kier molecular flexibility index (Phi) is 4.29. The number of halogens is 1. The minimum atomic E-state index is -1.04. The van der Waals surface area contributed by atoms with Crippen LogP contribution in [0.15, 0.2) is 34.9 Å². The summed E-state index contributed by atoms with van der Waals surface area (Å²) in [5, 5.41) is 0. The van der Waals surface area contributed by atoms with Gasteiger partial charge < -0.3 is 14.9 Å². The number of aromatic nitrogens is 1. The highest BCUT2D eigenvalue weighted by atomic mass is 19.1. The molecule has 6 nitrogen and oxygen atoms in total. The van der Waals surface area contributed by atoms with Gasteiger partial charge in [0.2, 0.25) is 11.8 Å². The molecule has 1 aliphatic heterocycles. The quantitative estimate of drug-likeness (QED) is 0.908. The molecule has 2 heterocycles. The minimum Gasteiger partial charge on any atom is -0.497 e. The maximum Gasteiger partial charge on any atom is 0.234 e. The Bertz CT molecular complexity index is 686. The zero-order valence-corrected chi connectivity index (χ0v) is 12.7. The summed E-state index contributed by atoms with van der Waals surface area (Å²) in [4.78, 5) is 17.5. The summed E-state index contributed by atoms with van der Waals surface area (Å²) in [7, 11) is 1.60. The topological polar surface area (TPSA) is 81.6 Å². The highest BCUT2D eigenvalue weighted by molar-refractivity contribution is 5.80. The lowest BCUT2D eigenvalue weighted by molar-refractivity contribution is -0.122. The number of ether oxygens (including phenoxy) is 1. The molecule has 23 heavy (non-hydrogen) atoms. The van der Waals surface area contributed by atoms with Gasteiger partial charge in [-0.1, -0.05) is 0 Å². The van der Waals surface area contributed by atoms with E-state index in [4.69, 9.17) is 14.9 Å². The Balaban J connectivity index is 1.72. The molecule has 1 aliphatic rings. The number of hydrogen-bond acceptors (Lipinski definition) is 5. The molecule has 1 fully saturated rings. The summed E-state index contributed by atoms with van der Waals surface area (Å²) in [6.07, 6.45) is 0.613. The molecule has 2 N–H and O–H groups in total. The molecule has 1 aromatic heterocycles. The number of nitrogens with zero attached hydrogens (tertiary/aromatic N) is 2. The molecule has 1 amide bonds. The molecule has 3 rings (SSSR count). The first kappa shape index (κ1) is 15.5. The first-order valence-electron chi connectivity index (χ1n) is 7.33. The molecule has 2 aromatic rings. The van der Waals surface area contributed by atoms with Crippen molar-refractivity contribution in [3.63, 3.8) is 0 Å². The molecule has 0 radical (unpaired) electrons. The van der Waals surface area contributed by atoms with E-state index < -0.39 is 18.1 Å². The Morgan fingerprint density at radius 3 is 2.87 bits per heavy atom. The molecule has 0 spiro atoms. The van der Waals surface area contributed by atoms with Crippen molar-refractivity contribution in [1.29, 1.82) is 0 Å². The number of primary amides is 1. The second kappa shape index (κ2) is 6.37. The summed E-state index contributed by atoms with van der Waals surface area (Å²) < 4.78 is 24.1. The molecule has 0 bridgehead atoms. The Hall–Kier alpha value is -2.41. The third kappa shape index (κ3) is 3.34. The molecule has 2 atom stereocenters. The normalized spacial score (nSPS) is 21.5. The van der Waals surface area contributed by atoms with E-state index in [0.29, 0.717) is 18.1 Å². The molecular formula is C16H18FN3O3. The number of rotatable bonds is 5. The fourth-order valence-corrected chi connectivity index (χ4v) is 2.77. The standard InChI is InChI=1S/C16H18FN3O3/c1-22-13-4-2-10(3-5-13)16-19-12(9-23-16)8-20-7-11(17)6-14(20)15(18)21/h2-5,9,11,14H,6-8H2,1H3,(H2,18,21)/t11-,14+/m1/s1. The zero-order chi connectivity index (χ0) is 16.4. The van der Waals surface area contributed by atoms with Gasteiger partial charge in [0.1, 0.15) is 18.2 Å². The van der Waals surface area contributed by atoms with Crippen LogP contribution in [0.1, 0.15) is 12.1 Å². The van der Waals surface area contributed by atoms with Gasteiger partial charge in [0.25, 0.3) is 0 Å². The molecule has 0 saturated carbocycles. The number of benzene rings is 1. The molecule has 0 aliphatic carbocycles. The van der Waals surface area contributed by atoms with Gasteiger partial charge >= 0.3 is 0 Å². The van der Waals surface area contributed by atoms with Crippen LogP contribution in [0, 0.1) is 0 Å². The third-order valence-corrected chi connectivity index (χ3v) is 3.93. The van der Waals surface area contributed by atoms with E-state index in [-0.39, 0.29) is 13.0 Å². The van der Waals surface area contributed by atoms with Crippen LogP contribution in [0.3, 0.4) is 0 Å². The van der Waals surface area contributed by atoms with Crippen molar-refractivity contribution in [3.8, 4) is 17.2 Å². The Morgan fingerprint density at radius 2 is 2.22 bits per heavy atom. The number of likely N-dealkylation sites (tertiary alicyclic amines) is 1. The van der Waals surface area contributed by atoms with Crippen molar-refractivity contribution in [2.45, 2.75) is 25.2 Å². The van der Waals surface area contributed by atoms with Crippen LogP contribution in [0.5, 0.6) is 5.75 Å². The molecule has 0 unspecified atom stereocenters. The minimum absolute atomic E-state index is 0.137. The van der Waals surface area contributed by atoms with E-state index in [0.717, 1.165) is 11.3 Å². The number of hydrogen-bond donors (Lipinski definition) is 1. The van der Waals surface area contributed by atoms with Crippen molar-refractivity contribution in [3.05, 3.63) is 36.2 Å². The first-order valence-corrected chi connectivity index (χ1v) is 7.33. The molecule has 122 valence electrons. The van der Waals surface area contributed by atoms with E-state index in [1.807, 2.05) is 24.3 Å². The third-order valence-electron chi connectivity index (χ3n) is 3.93. The Labute approximate surface area is 133 Å². The number of methoxy groups -OCH3 is 1. The van der Waals surface area contributed by atoms with Crippen molar-refractivity contribution in [2.75, 3.05) is 13.7 Å². The second-order valence-corrected chi connectivity index (χ2v) is 5.55. The predicted molar refractivity (Wildman–Crippen MR) is 81.4 cm³/mol. The van der Waals surface area contributed by atoms with Crippen molar-refractivity contribution < 1.29 is 18.3 Å². The van der Waals surface area contributed by atoms with Gasteiger partial charge in [0.05, 0.1) is 18.8 Å². The predicted octanol–water partition coefficient (Wildman–Crippen LogP) is 1.75. The fourth-order valence-electron chi connectivity index (χ4n) is 2.77. The van der Waals surface area contributed by atoms with Crippen LogP contribution in [0.25, 0.3) is 11.5 Å². The highest BCUT2D eigenvalue weighted by Crippen LogP contribution is 2.25. The van der Waals surface area contributed by atoms with Gasteiger partial charge in [0, 0.05) is 25.1 Å². The second-order valence-electron chi connectivity index (χ2n) is 5.55. The van der Waals surface area contributed by atoms with Crippen LogP contribution >= 0.6 is 0 Å². The largest absolute Gasteiger partial charge is 0.497 e. The van der Waals surface area contributed by atoms with E-state index in [1.54, 1.807) is 12.0 Å². The summed E-state index contributed by atoms with van der Waals surface area (Å²) in [5.74, 6) is 0.703. The smallest absolute Gasteiger partial charge is 0.234 e. The number of amides is 1. The molecule has 1 saturated heterocycles. The number of nitrogens with two attached hydrogens (primary N) is 1. The van der Waals surface area contributed by atoms with Crippen LogP contribution in [-0.4, -0.2) is 41.7 Å². The lowest BCUT2D eigenvalue weighted by atomic mass is 10.2. The van der Waals surface area contributed by atoms with E-state index >= 15 is 0 Å². The summed E-state index contributed by atoms with van der Waals surface area (Å²) in [5.41, 5.74) is 6.77. The van der Waals surface area contributed by atoms with Crippen molar-refractivity contribution in [1.82, 2.24) is 9.88 Å². The SMILES string of the molecule is COc1ccc(-c2nc(CN3C[C@H](F)C[C@H]3C(N)=O)co2)cc1. The van der Waals surface area contributed by atoms with E-state index in [9.17, 15) is 9.18 Å². The number of oxazole rings is 1. The van der Waals surface area contributed by atoms with Crippen molar-refractivity contribution >= 4 is 5.91 Å². The highest BCUT2D eigenvalue weighted by Gasteiger charge is 2.36. The lowest BCUT2D eigenvalue weighted by Gasteiger charge is -2.19. The van der Waals surface area contributed by atoms with Gasteiger partial charge in [-0.3, -0.25) is 9.69 Å². The lowest BCUT2D eigenvalue weighted by Crippen LogP contribution is -2.39. The number of carbonyl (C=O) groups is 1. The van der Waals surface area contributed by atoms with Gasteiger partial charge in [-0.25, -0.2) is 9.37 Å².